The Hall–Kier alpha value is -3.01. The van der Waals surface area contributed by atoms with Crippen molar-refractivity contribution < 1.29 is 13.9 Å². The van der Waals surface area contributed by atoms with Gasteiger partial charge in [-0.15, -0.1) is 10.2 Å². The number of nitrogens with one attached hydrogen (secondary N) is 1. The molecule has 0 aliphatic carbocycles. The third-order valence-corrected chi connectivity index (χ3v) is 6.20. The fraction of sp³-hybridized carbons (Fsp3) is 0.182. The standard InChI is InChI=1S/C22H19Cl2N5O3S/c1-13-16(15-5-3-4-6-18(15)29(13)2)10-25-26-20(30)12-33-22-28-27-21(32-22)11-31-19-8-7-14(23)9-17(19)24/h3-10H,11-12H2,1-2H3,(H,26,30)/b25-10-. The van der Waals surface area contributed by atoms with E-state index in [2.05, 4.69) is 25.3 Å². The summed E-state index contributed by atoms with van der Waals surface area (Å²) in [5, 5.41) is 14.1. The van der Waals surface area contributed by atoms with Gasteiger partial charge in [0.05, 0.1) is 17.0 Å². The zero-order valence-electron chi connectivity index (χ0n) is 17.7. The minimum atomic E-state index is -0.293. The Morgan fingerprint density at radius 1 is 1.27 bits per heavy atom. The monoisotopic (exact) mass is 503 g/mol. The van der Waals surface area contributed by atoms with E-state index in [4.69, 9.17) is 32.4 Å². The van der Waals surface area contributed by atoms with Crippen molar-refractivity contribution >= 4 is 58.0 Å². The Kier molecular flexibility index (Phi) is 7.22. The maximum Gasteiger partial charge on any atom is 0.277 e. The molecular weight excluding hydrogens is 485 g/mol. The number of para-hydroxylation sites is 1. The summed E-state index contributed by atoms with van der Waals surface area (Å²) in [6.45, 7) is 2.05. The van der Waals surface area contributed by atoms with Crippen LogP contribution in [0.15, 0.2) is 57.2 Å². The molecule has 2 aromatic heterocycles. The first kappa shape index (κ1) is 23.2. The smallest absolute Gasteiger partial charge is 0.277 e. The number of aromatic nitrogens is 3. The Morgan fingerprint density at radius 3 is 2.91 bits per heavy atom. The van der Waals surface area contributed by atoms with Gasteiger partial charge in [0.25, 0.3) is 17.0 Å². The molecule has 1 N–H and O–H groups in total. The van der Waals surface area contributed by atoms with Crippen molar-refractivity contribution in [1.82, 2.24) is 20.2 Å². The van der Waals surface area contributed by atoms with Gasteiger partial charge >= 0.3 is 0 Å². The van der Waals surface area contributed by atoms with E-state index < -0.39 is 0 Å². The molecule has 4 rings (SSSR count). The Balaban J connectivity index is 1.28. The highest BCUT2D eigenvalue weighted by atomic mass is 35.5. The van der Waals surface area contributed by atoms with Crippen LogP contribution in [-0.4, -0.2) is 32.6 Å². The molecule has 11 heteroatoms. The van der Waals surface area contributed by atoms with Crippen molar-refractivity contribution in [3.63, 3.8) is 0 Å². The second-order valence-corrected chi connectivity index (χ2v) is 8.75. The van der Waals surface area contributed by atoms with Crippen LogP contribution in [0.5, 0.6) is 5.75 Å². The predicted octanol–water partition coefficient (Wildman–Crippen LogP) is 5.00. The Labute approximate surface area is 203 Å². The number of ether oxygens (including phenoxy) is 1. The summed E-state index contributed by atoms with van der Waals surface area (Å²) < 4.78 is 13.1. The number of carbonyl (C=O) groups excluding carboxylic acids is 1. The number of aryl methyl sites for hydroxylation is 1. The van der Waals surface area contributed by atoms with E-state index in [1.807, 2.05) is 38.2 Å². The maximum atomic E-state index is 12.2. The van der Waals surface area contributed by atoms with Gasteiger partial charge in [-0.05, 0) is 31.2 Å². The number of hydrogen-bond acceptors (Lipinski definition) is 7. The van der Waals surface area contributed by atoms with Crippen LogP contribution in [0, 0.1) is 6.92 Å². The summed E-state index contributed by atoms with van der Waals surface area (Å²) in [7, 11) is 2.00. The summed E-state index contributed by atoms with van der Waals surface area (Å²) in [5.41, 5.74) is 5.65. The topological polar surface area (TPSA) is 94.5 Å². The van der Waals surface area contributed by atoms with Gasteiger partial charge in [0, 0.05) is 34.2 Å². The third-order valence-electron chi connectivity index (χ3n) is 4.85. The Morgan fingerprint density at radius 2 is 2.09 bits per heavy atom. The van der Waals surface area contributed by atoms with Crippen molar-refractivity contribution in [2.75, 3.05) is 5.75 Å². The number of hydrogen-bond donors (Lipinski definition) is 1. The molecule has 0 fully saturated rings. The van der Waals surface area contributed by atoms with Crippen LogP contribution in [0.1, 0.15) is 17.1 Å². The summed E-state index contributed by atoms with van der Waals surface area (Å²) >= 11 is 13.0. The number of benzene rings is 2. The van der Waals surface area contributed by atoms with Gasteiger partial charge in [0.2, 0.25) is 0 Å². The van der Waals surface area contributed by atoms with Gasteiger partial charge in [0.1, 0.15) is 5.75 Å². The number of hydrazone groups is 1. The van der Waals surface area contributed by atoms with Crippen LogP contribution in [-0.2, 0) is 18.4 Å². The minimum absolute atomic E-state index is 0.0375. The van der Waals surface area contributed by atoms with Gasteiger partial charge in [0.15, 0.2) is 6.61 Å². The average Bonchev–Trinajstić information content (AvgIpc) is 3.35. The van der Waals surface area contributed by atoms with Crippen LogP contribution >= 0.6 is 35.0 Å². The Bertz CT molecular complexity index is 1340. The van der Waals surface area contributed by atoms with Crippen LogP contribution in [0.2, 0.25) is 10.0 Å². The van der Waals surface area contributed by atoms with Crippen molar-refractivity contribution in [3.05, 3.63) is 69.7 Å². The van der Waals surface area contributed by atoms with E-state index in [9.17, 15) is 4.79 Å². The molecular formula is C22H19Cl2N5O3S. The number of amides is 1. The number of fused-ring (bicyclic) bond motifs is 1. The SMILES string of the molecule is Cc1c(/C=N\NC(=O)CSc2nnc(COc3ccc(Cl)cc3Cl)o2)c2ccccc2n1C. The summed E-state index contributed by atoms with van der Waals surface area (Å²) in [4.78, 5) is 12.2. The van der Waals surface area contributed by atoms with E-state index in [-0.39, 0.29) is 29.4 Å². The quantitative estimate of drug-likeness (QED) is 0.206. The second-order valence-electron chi connectivity index (χ2n) is 6.98. The molecule has 1 amide bonds. The van der Waals surface area contributed by atoms with Crippen LogP contribution < -0.4 is 10.2 Å². The van der Waals surface area contributed by atoms with Gasteiger partial charge in [-0.2, -0.15) is 5.10 Å². The number of carbonyl (C=O) groups is 1. The predicted molar refractivity (Wildman–Crippen MR) is 129 cm³/mol. The van der Waals surface area contributed by atoms with E-state index in [0.29, 0.717) is 15.8 Å². The lowest BCUT2D eigenvalue weighted by Gasteiger charge is -2.05. The molecule has 33 heavy (non-hydrogen) atoms. The molecule has 8 nitrogen and oxygen atoms in total. The maximum absolute atomic E-state index is 12.2. The normalized spacial score (nSPS) is 11.4. The first-order valence-electron chi connectivity index (χ1n) is 9.81. The highest BCUT2D eigenvalue weighted by molar-refractivity contribution is 7.99. The van der Waals surface area contributed by atoms with E-state index >= 15 is 0 Å². The largest absolute Gasteiger partial charge is 0.482 e. The number of halogens is 2. The molecule has 0 saturated carbocycles. The molecule has 0 aliphatic rings. The molecule has 0 aliphatic heterocycles. The van der Waals surface area contributed by atoms with E-state index in [1.54, 1.807) is 24.4 Å². The lowest BCUT2D eigenvalue weighted by atomic mass is 10.1. The van der Waals surface area contributed by atoms with Crippen LogP contribution in [0.3, 0.4) is 0 Å². The molecule has 0 spiro atoms. The van der Waals surface area contributed by atoms with Crippen LogP contribution in [0.4, 0.5) is 0 Å². The van der Waals surface area contributed by atoms with Crippen LogP contribution in [0.25, 0.3) is 10.9 Å². The zero-order valence-corrected chi connectivity index (χ0v) is 20.0. The number of nitrogens with zero attached hydrogens (tertiary/aromatic N) is 4. The average molecular weight is 504 g/mol. The number of thioether (sulfide) groups is 1. The first-order valence-corrected chi connectivity index (χ1v) is 11.6. The van der Waals surface area contributed by atoms with Gasteiger partial charge in [-0.25, -0.2) is 5.43 Å². The van der Waals surface area contributed by atoms with Crippen molar-refractivity contribution in [2.24, 2.45) is 12.1 Å². The fourth-order valence-electron chi connectivity index (χ4n) is 3.13. The molecule has 2 aromatic carbocycles. The van der Waals surface area contributed by atoms with E-state index in [1.165, 1.54) is 0 Å². The lowest BCUT2D eigenvalue weighted by Crippen LogP contribution is -2.19. The molecule has 170 valence electrons. The summed E-state index contributed by atoms with van der Waals surface area (Å²) in [6, 6.07) is 12.9. The van der Waals surface area contributed by atoms with E-state index in [0.717, 1.165) is 33.9 Å². The fourth-order valence-corrected chi connectivity index (χ4v) is 4.16. The molecule has 0 unspecified atom stereocenters. The summed E-state index contributed by atoms with van der Waals surface area (Å²) in [6.07, 6.45) is 1.66. The third kappa shape index (κ3) is 5.50. The molecule has 0 radical (unpaired) electrons. The molecule has 0 bridgehead atoms. The zero-order chi connectivity index (χ0) is 23.4. The lowest BCUT2D eigenvalue weighted by molar-refractivity contribution is -0.118. The van der Waals surface area contributed by atoms with Gasteiger partial charge in [-0.1, -0.05) is 53.2 Å². The number of rotatable bonds is 8. The van der Waals surface area contributed by atoms with Gasteiger partial charge < -0.3 is 13.7 Å². The van der Waals surface area contributed by atoms with Gasteiger partial charge in [-0.3, -0.25) is 4.79 Å². The highest BCUT2D eigenvalue weighted by Crippen LogP contribution is 2.28. The van der Waals surface area contributed by atoms with Crippen molar-refractivity contribution in [3.8, 4) is 5.75 Å². The first-order chi connectivity index (χ1) is 15.9. The summed E-state index contributed by atoms with van der Waals surface area (Å²) in [5.74, 6) is 0.482. The van der Waals surface area contributed by atoms with Crippen molar-refractivity contribution in [2.45, 2.75) is 18.8 Å². The molecule has 4 aromatic rings. The molecule has 0 atom stereocenters. The second kappa shape index (κ2) is 10.3. The highest BCUT2D eigenvalue weighted by Gasteiger charge is 2.12. The minimum Gasteiger partial charge on any atom is -0.482 e. The molecule has 2 heterocycles. The molecule has 0 saturated heterocycles. The van der Waals surface area contributed by atoms with Crippen molar-refractivity contribution in [1.29, 1.82) is 0 Å².